The molecule has 0 spiro atoms. The average Bonchev–Trinajstić information content (AvgIpc) is 3.20. The zero-order valence-corrected chi connectivity index (χ0v) is 20.2. The number of aromatic amines is 1. The van der Waals surface area contributed by atoms with Crippen LogP contribution in [-0.4, -0.2) is 43.2 Å². The maximum Gasteiger partial charge on any atom is 0.328 e. The molecule has 3 aromatic heterocycles. The number of fused-ring (bicyclic) bond motifs is 1. The molecule has 1 N–H and O–H groups in total. The molecule has 3 aromatic rings. The van der Waals surface area contributed by atoms with Crippen LogP contribution in [0.2, 0.25) is 0 Å². The van der Waals surface area contributed by atoms with E-state index >= 15 is 0 Å². The Kier molecular flexibility index (Phi) is 9.21. The van der Waals surface area contributed by atoms with Crippen LogP contribution >= 0.6 is 0 Å². The maximum atomic E-state index is 11.8. The maximum absolute atomic E-state index is 11.8. The third-order valence-electron chi connectivity index (χ3n) is 6.04. The van der Waals surface area contributed by atoms with Gasteiger partial charge in [0.15, 0.2) is 17.0 Å². The smallest absolute Gasteiger partial charge is 0.328 e. The van der Waals surface area contributed by atoms with Crippen LogP contribution in [0.15, 0.2) is 28.4 Å². The monoisotopic (exact) mass is 455 g/mol. The molecule has 33 heavy (non-hydrogen) atoms. The summed E-state index contributed by atoms with van der Waals surface area (Å²) in [5, 5.41) is 0. The van der Waals surface area contributed by atoms with E-state index in [2.05, 4.69) is 24.5 Å². The van der Waals surface area contributed by atoms with Crippen LogP contribution in [0.25, 0.3) is 11.2 Å². The molecule has 0 unspecified atom stereocenters. The first-order valence-electron chi connectivity index (χ1n) is 12.1. The van der Waals surface area contributed by atoms with Crippen LogP contribution < -0.4 is 16.1 Å². The molecule has 3 rings (SSSR count). The number of aryl methyl sites for hydroxylation is 3. The summed E-state index contributed by atoms with van der Waals surface area (Å²) in [5.41, 5.74) is 1.76. The molecule has 0 saturated heterocycles. The summed E-state index contributed by atoms with van der Waals surface area (Å²) in [7, 11) is 3.94. The van der Waals surface area contributed by atoms with Gasteiger partial charge in [-0.05, 0) is 19.8 Å². The zero-order valence-electron chi connectivity index (χ0n) is 20.2. The van der Waals surface area contributed by atoms with Crippen molar-refractivity contribution in [2.24, 2.45) is 0 Å². The first kappa shape index (κ1) is 24.7. The highest BCUT2D eigenvalue weighted by Crippen LogP contribution is 2.20. The van der Waals surface area contributed by atoms with Crippen molar-refractivity contribution in [2.45, 2.75) is 84.2 Å². The van der Waals surface area contributed by atoms with Crippen molar-refractivity contribution in [3.63, 3.8) is 0 Å². The molecule has 0 aliphatic heterocycles. The lowest BCUT2D eigenvalue weighted by Crippen LogP contribution is -2.30. The third-order valence-corrected chi connectivity index (χ3v) is 6.04. The lowest BCUT2D eigenvalue weighted by Gasteiger charge is -2.11. The summed E-state index contributed by atoms with van der Waals surface area (Å²) in [6.07, 6.45) is 17.1. The molecular weight excluding hydrogens is 418 g/mol. The van der Waals surface area contributed by atoms with Gasteiger partial charge in [0.05, 0.1) is 6.33 Å². The van der Waals surface area contributed by atoms with Crippen molar-refractivity contribution < 1.29 is 0 Å². The molecule has 0 aliphatic rings. The molecule has 180 valence electrons. The van der Waals surface area contributed by atoms with Crippen molar-refractivity contribution in [3.05, 3.63) is 45.3 Å². The van der Waals surface area contributed by atoms with Gasteiger partial charge >= 0.3 is 5.69 Å². The van der Waals surface area contributed by atoms with Crippen LogP contribution in [0.3, 0.4) is 0 Å². The summed E-state index contributed by atoms with van der Waals surface area (Å²) >= 11 is 0. The van der Waals surface area contributed by atoms with Crippen molar-refractivity contribution in [2.75, 3.05) is 19.0 Å². The van der Waals surface area contributed by atoms with Gasteiger partial charge in [-0.3, -0.25) is 9.78 Å². The summed E-state index contributed by atoms with van der Waals surface area (Å²) in [6.45, 7) is 3.34. The van der Waals surface area contributed by atoms with Crippen molar-refractivity contribution in [1.29, 1.82) is 0 Å². The molecule has 0 fully saturated rings. The number of unbranched alkanes of at least 4 members (excludes halogenated alkanes) is 9. The van der Waals surface area contributed by atoms with Gasteiger partial charge in [-0.2, -0.15) is 0 Å². The normalized spacial score (nSPS) is 11.4. The minimum Gasteiger partial charge on any atom is -0.361 e. The summed E-state index contributed by atoms with van der Waals surface area (Å²) < 4.78 is 3.74. The van der Waals surface area contributed by atoms with Gasteiger partial charge in [0.2, 0.25) is 0 Å². The molecule has 0 atom stereocenters. The molecule has 0 radical (unpaired) electrons. The Labute approximate surface area is 194 Å². The lowest BCUT2D eigenvalue weighted by atomic mass is 10.1. The number of anilines is 1. The minimum absolute atomic E-state index is 0.292. The Bertz CT molecular complexity index is 1130. The van der Waals surface area contributed by atoms with E-state index in [1.807, 2.05) is 25.3 Å². The van der Waals surface area contributed by atoms with Gasteiger partial charge in [0.25, 0.3) is 5.56 Å². The fraction of sp³-hybridized carbons (Fsp3) is 0.625. The number of nitrogens with one attached hydrogen (secondary N) is 1. The van der Waals surface area contributed by atoms with E-state index in [0.29, 0.717) is 12.1 Å². The fourth-order valence-electron chi connectivity index (χ4n) is 4.12. The highest BCUT2D eigenvalue weighted by atomic mass is 16.2. The number of hydrogen-bond donors (Lipinski definition) is 1. The van der Waals surface area contributed by atoms with Crippen LogP contribution in [0, 0.1) is 6.92 Å². The van der Waals surface area contributed by atoms with Crippen molar-refractivity contribution in [3.8, 4) is 0 Å². The van der Waals surface area contributed by atoms with E-state index in [1.165, 1.54) is 44.9 Å². The summed E-state index contributed by atoms with van der Waals surface area (Å²) in [5.74, 6) is 0.860. The topological polar surface area (TPSA) is 102 Å². The number of H-pyrrole nitrogens is 1. The SMILES string of the molecule is Cc1cn(CCCCCCCCCCCCn2cnc3c(N(C)C)ncnc32)c(=O)[nH]c1=O. The van der Waals surface area contributed by atoms with Gasteiger partial charge < -0.3 is 14.0 Å². The Morgan fingerprint density at radius 3 is 2.00 bits per heavy atom. The van der Waals surface area contributed by atoms with Gasteiger partial charge in [0.1, 0.15) is 6.33 Å². The van der Waals surface area contributed by atoms with E-state index < -0.39 is 0 Å². The standard InChI is InChI=1S/C24H37N7O2/c1-19-16-30(24(33)28-23(19)32)14-12-10-8-6-4-5-7-9-11-13-15-31-18-27-20-21(29(2)3)25-17-26-22(20)31/h16-18H,4-15H2,1-3H3,(H,28,32,33). The van der Waals surface area contributed by atoms with E-state index in [4.69, 9.17) is 0 Å². The molecule has 0 aliphatic carbocycles. The van der Waals surface area contributed by atoms with E-state index in [1.54, 1.807) is 24.0 Å². The Morgan fingerprint density at radius 2 is 1.39 bits per heavy atom. The molecule has 0 amide bonds. The summed E-state index contributed by atoms with van der Waals surface area (Å²) in [4.78, 5) is 40.7. The molecule has 0 aromatic carbocycles. The highest BCUT2D eigenvalue weighted by molar-refractivity contribution is 5.82. The van der Waals surface area contributed by atoms with E-state index in [9.17, 15) is 9.59 Å². The lowest BCUT2D eigenvalue weighted by molar-refractivity contribution is 0.517. The van der Waals surface area contributed by atoms with Gasteiger partial charge in [-0.15, -0.1) is 0 Å². The van der Waals surface area contributed by atoms with Gasteiger partial charge in [-0.25, -0.2) is 19.7 Å². The van der Waals surface area contributed by atoms with Gasteiger partial charge in [0, 0.05) is 38.9 Å². The molecule has 0 saturated carbocycles. The second-order valence-electron chi connectivity index (χ2n) is 9.00. The predicted molar refractivity (Wildman–Crippen MR) is 132 cm³/mol. The number of imidazole rings is 1. The number of aromatic nitrogens is 6. The zero-order chi connectivity index (χ0) is 23.6. The minimum atomic E-state index is -0.307. The second-order valence-corrected chi connectivity index (χ2v) is 9.00. The second kappa shape index (κ2) is 12.3. The Morgan fingerprint density at radius 1 is 0.818 bits per heavy atom. The number of hydrogen-bond acceptors (Lipinski definition) is 6. The van der Waals surface area contributed by atoms with Crippen LogP contribution in [-0.2, 0) is 13.1 Å². The van der Waals surface area contributed by atoms with Crippen LogP contribution in [0.1, 0.15) is 69.8 Å². The molecular formula is C24H37N7O2. The molecule has 3 heterocycles. The summed E-state index contributed by atoms with van der Waals surface area (Å²) in [6, 6.07) is 0. The number of nitrogens with zero attached hydrogens (tertiary/aromatic N) is 6. The first-order chi connectivity index (χ1) is 16.0. The Hall–Kier alpha value is -2.97. The highest BCUT2D eigenvalue weighted by Gasteiger charge is 2.11. The average molecular weight is 456 g/mol. The first-order valence-corrected chi connectivity index (χ1v) is 12.1. The van der Waals surface area contributed by atoms with Crippen molar-refractivity contribution in [1.82, 2.24) is 29.1 Å². The Balaban J connectivity index is 1.21. The predicted octanol–water partition coefficient (Wildman–Crippen LogP) is 3.65. The van der Waals surface area contributed by atoms with E-state index in [-0.39, 0.29) is 11.2 Å². The molecule has 0 bridgehead atoms. The molecule has 9 nitrogen and oxygen atoms in total. The van der Waals surface area contributed by atoms with Gasteiger partial charge in [-0.1, -0.05) is 51.4 Å². The fourth-order valence-corrected chi connectivity index (χ4v) is 4.12. The third kappa shape index (κ3) is 7.00. The van der Waals surface area contributed by atoms with Crippen LogP contribution in [0.5, 0.6) is 0 Å². The van der Waals surface area contributed by atoms with E-state index in [0.717, 1.165) is 42.8 Å². The quantitative estimate of drug-likeness (QED) is 0.372. The molecule has 9 heteroatoms. The number of rotatable bonds is 14. The van der Waals surface area contributed by atoms with Crippen LogP contribution in [0.4, 0.5) is 5.82 Å². The van der Waals surface area contributed by atoms with Crippen molar-refractivity contribution >= 4 is 17.0 Å². The largest absolute Gasteiger partial charge is 0.361 e.